The van der Waals surface area contributed by atoms with Crippen molar-refractivity contribution in [1.82, 2.24) is 10.2 Å². The molecule has 2 rings (SSSR count). The van der Waals surface area contributed by atoms with E-state index in [-0.39, 0.29) is 6.54 Å². The molecule has 0 spiro atoms. The van der Waals surface area contributed by atoms with Crippen molar-refractivity contribution >= 4 is 29.5 Å². The van der Waals surface area contributed by atoms with Gasteiger partial charge in [-0.3, -0.25) is 14.4 Å². The number of nitrogens with zero attached hydrogens (tertiary/aromatic N) is 1. The number of primary amides is 1. The van der Waals surface area contributed by atoms with E-state index >= 15 is 0 Å². The van der Waals surface area contributed by atoms with E-state index < -0.39 is 47.9 Å². The monoisotopic (exact) mass is 580 g/mol. The zero-order valence-corrected chi connectivity index (χ0v) is 26.2. The van der Waals surface area contributed by atoms with Gasteiger partial charge in [0, 0.05) is 12.2 Å². The number of ether oxygens (including phenoxy) is 1. The zero-order valence-electron chi connectivity index (χ0n) is 26.2. The summed E-state index contributed by atoms with van der Waals surface area (Å²) >= 11 is 0. The normalized spacial score (nSPS) is 12.6. The van der Waals surface area contributed by atoms with E-state index in [1.165, 1.54) is 4.90 Å². The number of nitrogens with one attached hydrogen (secondary N) is 2. The molecule has 2 atom stereocenters. The molecule has 0 aliphatic heterocycles. The second kappa shape index (κ2) is 15.9. The Morgan fingerprint density at radius 1 is 0.905 bits per heavy atom. The molecule has 0 saturated carbocycles. The van der Waals surface area contributed by atoms with Crippen LogP contribution in [0.25, 0.3) is 0 Å². The predicted octanol–water partition coefficient (Wildman–Crippen LogP) is 5.86. The lowest BCUT2D eigenvalue weighted by molar-refractivity contribution is -0.142. The molecule has 9 heteroatoms. The smallest absolute Gasteiger partial charge is 0.408 e. The lowest BCUT2D eigenvalue weighted by Gasteiger charge is -2.35. The fourth-order valence-corrected chi connectivity index (χ4v) is 4.74. The Kier molecular flexibility index (Phi) is 13.0. The van der Waals surface area contributed by atoms with Crippen LogP contribution >= 0.6 is 0 Å². The van der Waals surface area contributed by atoms with Crippen molar-refractivity contribution in [2.45, 2.75) is 105 Å². The molecule has 0 fully saturated rings. The molecule has 42 heavy (non-hydrogen) atoms. The first-order valence-electron chi connectivity index (χ1n) is 14.8. The summed E-state index contributed by atoms with van der Waals surface area (Å²) in [5.41, 5.74) is 8.71. The minimum atomic E-state index is -1.31. The summed E-state index contributed by atoms with van der Waals surface area (Å²) in [6, 6.07) is 10.7. The highest BCUT2D eigenvalue weighted by molar-refractivity contribution is 6.00. The summed E-state index contributed by atoms with van der Waals surface area (Å²) in [7, 11) is 0. The Morgan fingerprint density at radius 3 is 2.17 bits per heavy atom. The quantitative estimate of drug-likeness (QED) is 0.241. The summed E-state index contributed by atoms with van der Waals surface area (Å²) < 4.78 is 5.37. The molecule has 0 heterocycles. The van der Waals surface area contributed by atoms with Gasteiger partial charge >= 0.3 is 6.09 Å². The van der Waals surface area contributed by atoms with Gasteiger partial charge in [0.1, 0.15) is 17.7 Å². The molecule has 4 N–H and O–H groups in total. The van der Waals surface area contributed by atoms with Crippen molar-refractivity contribution in [3.63, 3.8) is 0 Å². The number of amides is 4. The van der Waals surface area contributed by atoms with Gasteiger partial charge in [-0.15, -0.1) is 0 Å². The van der Waals surface area contributed by atoms with Gasteiger partial charge in [0.25, 0.3) is 5.91 Å². The van der Waals surface area contributed by atoms with Crippen LogP contribution in [0.1, 0.15) is 94.5 Å². The summed E-state index contributed by atoms with van der Waals surface area (Å²) in [6.07, 6.45) is 3.32. The third-order valence-electron chi connectivity index (χ3n) is 7.08. The minimum absolute atomic E-state index is 0.243. The molecule has 0 bridgehead atoms. The number of para-hydroxylation sites is 1. The van der Waals surface area contributed by atoms with E-state index in [9.17, 15) is 19.2 Å². The van der Waals surface area contributed by atoms with Crippen LogP contribution in [0.15, 0.2) is 42.5 Å². The van der Waals surface area contributed by atoms with Crippen molar-refractivity contribution in [1.29, 1.82) is 0 Å². The van der Waals surface area contributed by atoms with E-state index in [0.717, 1.165) is 42.4 Å². The number of unbranched alkanes of at least 4 members (excludes halogenated alkanes) is 4. The van der Waals surface area contributed by atoms with Crippen molar-refractivity contribution in [2.75, 3.05) is 11.9 Å². The van der Waals surface area contributed by atoms with Crippen molar-refractivity contribution < 1.29 is 23.9 Å². The number of rotatable bonds is 14. The Bertz CT molecular complexity index is 1240. The van der Waals surface area contributed by atoms with Crippen LogP contribution in [-0.2, 0) is 19.1 Å². The maximum absolute atomic E-state index is 14.3. The lowest BCUT2D eigenvalue weighted by atomic mass is 9.94. The number of hydrogen-bond acceptors (Lipinski definition) is 5. The fraction of sp³-hybridized carbons (Fsp3) is 0.515. The van der Waals surface area contributed by atoms with Gasteiger partial charge < -0.3 is 26.0 Å². The van der Waals surface area contributed by atoms with E-state index in [0.29, 0.717) is 17.7 Å². The van der Waals surface area contributed by atoms with Crippen LogP contribution in [0, 0.1) is 20.8 Å². The van der Waals surface area contributed by atoms with E-state index in [2.05, 4.69) is 17.6 Å². The first-order chi connectivity index (χ1) is 19.7. The maximum Gasteiger partial charge on any atom is 0.408 e. The average Bonchev–Trinajstić information content (AvgIpc) is 2.89. The molecular formula is C33H48N4O5. The van der Waals surface area contributed by atoms with Crippen molar-refractivity contribution in [2.24, 2.45) is 5.73 Å². The molecule has 0 aliphatic rings. The number of hydrogen-bond donors (Lipinski definition) is 3. The number of aryl methyl sites for hydroxylation is 2. The van der Waals surface area contributed by atoms with Gasteiger partial charge in [-0.25, -0.2) is 4.79 Å². The molecule has 2 unspecified atom stereocenters. The highest BCUT2D eigenvalue weighted by atomic mass is 16.6. The molecule has 230 valence electrons. The third-order valence-corrected chi connectivity index (χ3v) is 7.08. The van der Waals surface area contributed by atoms with Crippen LogP contribution in [0.5, 0.6) is 0 Å². The number of anilines is 1. The predicted molar refractivity (Wildman–Crippen MR) is 166 cm³/mol. The number of alkyl carbamates (subject to hydrolysis) is 1. The Morgan fingerprint density at radius 2 is 1.55 bits per heavy atom. The molecule has 0 aliphatic carbocycles. The molecular weight excluding hydrogens is 532 g/mol. The Hall–Kier alpha value is -3.88. The van der Waals surface area contributed by atoms with E-state index in [4.69, 9.17) is 10.5 Å². The second-order valence-corrected chi connectivity index (χ2v) is 11.8. The Balaban J connectivity index is 2.61. The van der Waals surface area contributed by atoms with Crippen molar-refractivity contribution in [3.05, 3.63) is 64.7 Å². The van der Waals surface area contributed by atoms with Gasteiger partial charge in [0.05, 0.1) is 6.42 Å². The maximum atomic E-state index is 14.3. The number of benzene rings is 2. The summed E-state index contributed by atoms with van der Waals surface area (Å²) in [5.74, 6) is -1.74. The minimum Gasteiger partial charge on any atom is -0.444 e. The largest absolute Gasteiger partial charge is 0.444 e. The summed E-state index contributed by atoms with van der Waals surface area (Å²) in [5, 5.41) is 5.56. The average molecular weight is 581 g/mol. The number of nitrogens with two attached hydrogens (primary N) is 1. The van der Waals surface area contributed by atoms with Crippen molar-refractivity contribution in [3.8, 4) is 0 Å². The first-order valence-corrected chi connectivity index (χ1v) is 14.8. The first kappa shape index (κ1) is 34.3. The van der Waals surface area contributed by atoms with Gasteiger partial charge in [-0.1, -0.05) is 69.0 Å². The van der Waals surface area contributed by atoms with Crippen LogP contribution in [-0.4, -0.2) is 46.9 Å². The van der Waals surface area contributed by atoms with Crippen LogP contribution in [0.3, 0.4) is 0 Å². The van der Waals surface area contributed by atoms with Gasteiger partial charge in [-0.05, 0) is 76.3 Å². The lowest BCUT2D eigenvalue weighted by Crippen LogP contribution is -2.53. The highest BCUT2D eigenvalue weighted by Crippen LogP contribution is 2.30. The molecule has 9 nitrogen and oxygen atoms in total. The molecule has 0 saturated heterocycles. The highest BCUT2D eigenvalue weighted by Gasteiger charge is 2.37. The topological polar surface area (TPSA) is 131 Å². The van der Waals surface area contributed by atoms with Crippen LogP contribution in [0.2, 0.25) is 0 Å². The third kappa shape index (κ3) is 10.5. The SMILES string of the molecule is CCCCCCCN(C(=O)C(CC(N)=O)NC(=O)OC(C)(C)C)C(C(=O)Nc1ccccc1C)c1cccc(C)c1C. The molecule has 4 amide bonds. The molecule has 2 aromatic carbocycles. The fourth-order valence-electron chi connectivity index (χ4n) is 4.74. The van der Waals surface area contributed by atoms with Crippen LogP contribution < -0.4 is 16.4 Å². The summed E-state index contributed by atoms with van der Waals surface area (Å²) in [4.78, 5) is 54.7. The van der Waals surface area contributed by atoms with Gasteiger partial charge in [0.2, 0.25) is 11.8 Å². The number of carbonyl (C=O) groups excluding carboxylic acids is 4. The van der Waals surface area contributed by atoms with Gasteiger partial charge in [0.15, 0.2) is 0 Å². The molecule has 2 aromatic rings. The van der Waals surface area contributed by atoms with E-state index in [1.54, 1.807) is 20.8 Å². The zero-order chi connectivity index (χ0) is 31.4. The molecule has 0 radical (unpaired) electrons. The summed E-state index contributed by atoms with van der Waals surface area (Å²) in [6.45, 7) is 13.2. The number of carbonyl (C=O) groups is 4. The molecule has 0 aromatic heterocycles. The standard InChI is InChI=1S/C33H48N4O5/c1-8-9-10-11-14-20-37(31(40)27(21-28(34)38)36-32(41)42-33(5,6)7)29(25-18-15-17-22(2)24(25)4)30(39)35-26-19-13-12-16-23(26)3/h12-13,15-19,27,29H,8-11,14,20-21H2,1-7H3,(H2,34,38)(H,35,39)(H,36,41). The van der Waals surface area contributed by atoms with E-state index in [1.807, 2.05) is 63.2 Å². The van der Waals surface area contributed by atoms with Gasteiger partial charge in [-0.2, -0.15) is 0 Å². The Labute approximate surface area is 250 Å². The second-order valence-electron chi connectivity index (χ2n) is 11.8. The van der Waals surface area contributed by atoms with Crippen LogP contribution in [0.4, 0.5) is 10.5 Å².